The van der Waals surface area contributed by atoms with Crippen LogP contribution in [-0.2, 0) is 206 Å². The molecule has 0 aromatic heterocycles. The van der Waals surface area contributed by atoms with Crippen molar-refractivity contribution in [2.24, 2.45) is 0 Å². The van der Waals surface area contributed by atoms with Crippen molar-refractivity contribution in [2.75, 3.05) is 39.6 Å². The molecule has 0 unspecified atom stereocenters. The molecule has 0 saturated heterocycles. The first-order valence-electron chi connectivity index (χ1n) is 8.31. The normalized spacial score (nSPS) is 7.28. The van der Waals surface area contributed by atoms with Crippen molar-refractivity contribution in [3.05, 3.63) is 24.5 Å². The minimum atomic E-state index is 0. The molecule has 0 amide bonds. The van der Waals surface area contributed by atoms with Crippen molar-refractivity contribution in [3.8, 4) is 0 Å². The molecule has 4 nitrogen and oxygen atoms in total. The van der Waals surface area contributed by atoms with Crippen molar-refractivity contribution in [1.82, 2.24) is 0 Å². The fraction of sp³-hybridized carbons (Fsp3) is 0.789. The molecule has 2 N–H and O–H groups in total. The zero-order valence-corrected chi connectivity index (χ0v) is 37.1. The number of rotatable bonds is 9. The SMILES string of the molecule is C=CCOCCO.CCCCOCCO.C[C-](C)C.C[C-](C)C.[Y].[Y].[Y].[Y].[Y].[Y]. The summed E-state index contributed by atoms with van der Waals surface area (Å²) in [5.74, 6) is 2.83. The van der Waals surface area contributed by atoms with Crippen molar-refractivity contribution in [2.45, 2.75) is 61.3 Å². The van der Waals surface area contributed by atoms with Crippen LogP contribution in [0.4, 0.5) is 0 Å². The van der Waals surface area contributed by atoms with Crippen LogP contribution in [0.15, 0.2) is 12.7 Å². The molecule has 6 radical (unpaired) electrons. The van der Waals surface area contributed by atoms with Gasteiger partial charge in [-0.05, 0) is 6.42 Å². The smallest absolute Gasteiger partial charge is 0.0701 e. The van der Waals surface area contributed by atoms with Gasteiger partial charge in [0.1, 0.15) is 0 Å². The predicted molar refractivity (Wildman–Crippen MR) is 101 cm³/mol. The monoisotopic (exact) mass is 868 g/mol. The summed E-state index contributed by atoms with van der Waals surface area (Å²) in [6.07, 6.45) is 3.90. The maximum Gasteiger partial charge on any atom is 0.0701 e. The molecule has 0 aliphatic rings. The Hall–Kier alpha value is 6.20. The van der Waals surface area contributed by atoms with Gasteiger partial charge >= 0.3 is 0 Å². The number of unbranched alkanes of at least 4 members (excludes halogenated alkanes) is 1. The maximum atomic E-state index is 8.24. The van der Waals surface area contributed by atoms with Crippen molar-refractivity contribution < 1.29 is 216 Å². The number of aliphatic hydroxyl groups is 2. The van der Waals surface area contributed by atoms with E-state index in [4.69, 9.17) is 19.7 Å². The van der Waals surface area contributed by atoms with E-state index in [0.29, 0.717) is 19.8 Å². The van der Waals surface area contributed by atoms with Gasteiger partial charge in [-0.25, -0.2) is 0 Å². The van der Waals surface area contributed by atoms with Crippen LogP contribution in [0, 0.1) is 11.8 Å². The van der Waals surface area contributed by atoms with E-state index in [1.807, 2.05) is 0 Å². The molecule has 0 aliphatic carbocycles. The Balaban J connectivity index is -0.0000000201. The first-order valence-corrected chi connectivity index (χ1v) is 8.31. The average molecular weight is 868 g/mol. The minimum Gasteiger partial charge on any atom is -0.394 e. The second kappa shape index (κ2) is 70.0. The molecule has 0 heterocycles. The van der Waals surface area contributed by atoms with Gasteiger partial charge < -0.3 is 31.5 Å². The summed E-state index contributed by atoms with van der Waals surface area (Å²) in [5, 5.41) is 16.4. The van der Waals surface area contributed by atoms with E-state index in [0.717, 1.165) is 19.4 Å². The molecule has 10 heteroatoms. The first kappa shape index (κ1) is 64.8. The van der Waals surface area contributed by atoms with E-state index in [1.165, 1.54) is 11.8 Å². The Morgan fingerprint density at radius 3 is 1.24 bits per heavy atom. The maximum absolute atomic E-state index is 8.24. The third-order valence-electron chi connectivity index (χ3n) is 1.35. The summed E-state index contributed by atoms with van der Waals surface area (Å²) in [5.41, 5.74) is 0. The van der Waals surface area contributed by atoms with E-state index in [-0.39, 0.29) is 209 Å². The van der Waals surface area contributed by atoms with Crippen LogP contribution in [0.5, 0.6) is 0 Å². The van der Waals surface area contributed by atoms with Crippen LogP contribution in [0.1, 0.15) is 61.3 Å². The van der Waals surface area contributed by atoms with Gasteiger partial charge in [0.25, 0.3) is 0 Å². The van der Waals surface area contributed by atoms with Gasteiger partial charge in [-0.15, -0.1) is 6.58 Å². The topological polar surface area (TPSA) is 58.9 Å². The summed E-state index contributed by atoms with van der Waals surface area (Å²) in [6, 6.07) is 0. The van der Waals surface area contributed by atoms with E-state index in [2.05, 4.69) is 55.0 Å². The van der Waals surface area contributed by atoms with Crippen LogP contribution in [-0.4, -0.2) is 49.9 Å². The van der Waals surface area contributed by atoms with Gasteiger partial charge in [-0.1, -0.05) is 19.4 Å². The van der Waals surface area contributed by atoms with E-state index in [9.17, 15) is 0 Å². The number of hydrogen-bond donors (Lipinski definition) is 2. The Bertz CT molecular complexity index is 175. The summed E-state index contributed by atoms with van der Waals surface area (Å²) in [7, 11) is 0. The quantitative estimate of drug-likeness (QED) is 0.208. The fourth-order valence-electron chi connectivity index (χ4n) is 0.644. The number of ether oxygens (including phenoxy) is 2. The van der Waals surface area contributed by atoms with Crippen molar-refractivity contribution >= 4 is 0 Å². The Labute approximate surface area is 334 Å². The van der Waals surface area contributed by atoms with E-state index < -0.39 is 0 Å². The molecule has 0 aromatic rings. The molecular weight excluding hydrogens is 826 g/mol. The number of aliphatic hydroxyl groups excluding tert-OH is 2. The van der Waals surface area contributed by atoms with Crippen LogP contribution in [0.3, 0.4) is 0 Å². The fourth-order valence-corrected chi connectivity index (χ4v) is 0.644. The molecule has 0 atom stereocenters. The Morgan fingerprint density at radius 1 is 0.690 bits per heavy atom. The molecule has 0 bridgehead atoms. The average Bonchev–Trinajstić information content (AvgIpc) is 2.44. The summed E-state index contributed by atoms with van der Waals surface area (Å²) in [4.78, 5) is 0. The van der Waals surface area contributed by atoms with Crippen LogP contribution >= 0.6 is 0 Å². The van der Waals surface area contributed by atoms with E-state index >= 15 is 0 Å². The first-order chi connectivity index (χ1) is 10.8. The van der Waals surface area contributed by atoms with Gasteiger partial charge in [0.15, 0.2) is 0 Å². The van der Waals surface area contributed by atoms with Crippen molar-refractivity contribution in [3.63, 3.8) is 0 Å². The van der Waals surface area contributed by atoms with E-state index in [1.54, 1.807) is 6.08 Å². The molecule has 0 aromatic carbocycles. The summed E-state index contributed by atoms with van der Waals surface area (Å²) in [6.45, 7) is 20.5. The zero-order valence-electron chi connectivity index (χ0n) is 20.1. The molecule has 0 aliphatic heterocycles. The summed E-state index contributed by atoms with van der Waals surface area (Å²) >= 11 is 0. The predicted octanol–water partition coefficient (Wildman–Crippen LogP) is 4.20. The summed E-state index contributed by atoms with van der Waals surface area (Å²) < 4.78 is 9.74. The Kier molecular flexibility index (Phi) is 157. The van der Waals surface area contributed by atoms with Crippen molar-refractivity contribution in [1.29, 1.82) is 0 Å². The molecule has 162 valence electrons. The molecule has 29 heavy (non-hydrogen) atoms. The van der Waals surface area contributed by atoms with Crippen LogP contribution in [0.2, 0.25) is 0 Å². The third-order valence-corrected chi connectivity index (χ3v) is 1.35. The molecule has 0 saturated carbocycles. The van der Waals surface area contributed by atoms with Gasteiger partial charge in [-0.2, -0.15) is 41.5 Å². The second-order valence-electron chi connectivity index (χ2n) is 5.78. The second-order valence-corrected chi connectivity index (χ2v) is 5.78. The molecule has 0 fully saturated rings. The number of hydrogen-bond acceptors (Lipinski definition) is 4. The van der Waals surface area contributed by atoms with Gasteiger partial charge in [0.2, 0.25) is 0 Å². The largest absolute Gasteiger partial charge is 0.394 e. The van der Waals surface area contributed by atoms with Gasteiger partial charge in [-0.3, -0.25) is 0 Å². The standard InChI is InChI=1S/C6H14O2.C5H10O2.2C4H9.6Y/c1-2-3-5-8-6-4-7;1-2-4-7-5-3-6;2*1-4(2)3;;;;;;/h7H,2-6H2,1H3;2,6H,1,3-5H2;2*1-3H3;;;;;;/q;;2*-1;;;;;;. The molecule has 0 spiro atoms. The van der Waals surface area contributed by atoms with Crippen LogP contribution < -0.4 is 0 Å². The zero-order chi connectivity index (χ0) is 18.9. The van der Waals surface area contributed by atoms with Crippen LogP contribution in [0.25, 0.3) is 0 Å². The molecular formula is C19H42O4Y6-2. The minimum absolute atomic E-state index is 0. The third kappa shape index (κ3) is 153. The Morgan fingerprint density at radius 2 is 1.00 bits per heavy atom. The van der Waals surface area contributed by atoms with Gasteiger partial charge in [0.05, 0.1) is 33.0 Å². The molecule has 0 rings (SSSR count). The van der Waals surface area contributed by atoms with Gasteiger partial charge in [0, 0.05) is 203 Å².